The Kier molecular flexibility index (Phi) is 5.66. The molecular weight excluding hydrogens is 384 g/mol. The molecule has 3 aromatic rings. The number of H-pyrrole nitrogens is 1. The Morgan fingerprint density at radius 1 is 1.41 bits per heavy atom. The molecule has 0 saturated heterocycles. The predicted molar refractivity (Wildman–Crippen MR) is 106 cm³/mol. The highest BCUT2D eigenvalue weighted by atomic mass is 32.1. The Hall–Kier alpha value is -2.59. The van der Waals surface area contributed by atoms with Crippen LogP contribution < -0.4 is 5.32 Å². The number of nitrogens with zero attached hydrogens (tertiary/aromatic N) is 4. The van der Waals surface area contributed by atoms with Crippen molar-refractivity contribution in [3.8, 4) is 10.7 Å². The summed E-state index contributed by atoms with van der Waals surface area (Å²) in [6.07, 6.45) is 2.65. The van der Waals surface area contributed by atoms with Crippen LogP contribution in [0.15, 0.2) is 17.2 Å². The van der Waals surface area contributed by atoms with Crippen molar-refractivity contribution < 1.29 is 9.32 Å². The van der Waals surface area contributed by atoms with Gasteiger partial charge in [-0.15, -0.1) is 6.58 Å². The summed E-state index contributed by atoms with van der Waals surface area (Å²) in [4.78, 5) is 17.6. The first kappa shape index (κ1) is 19.2. The predicted octanol–water partition coefficient (Wildman–Crippen LogP) is 3.73. The number of hydrogen-bond acceptors (Lipinski definition) is 7. The van der Waals surface area contributed by atoms with Gasteiger partial charge in [0.25, 0.3) is 0 Å². The van der Waals surface area contributed by atoms with Gasteiger partial charge in [-0.25, -0.2) is 4.98 Å². The maximum atomic E-state index is 12.3. The van der Waals surface area contributed by atoms with Gasteiger partial charge in [0.05, 0.1) is 16.3 Å². The molecule has 0 aromatic carbocycles. The minimum absolute atomic E-state index is 0.111. The molecule has 0 saturated carbocycles. The van der Waals surface area contributed by atoms with Gasteiger partial charge in [-0.1, -0.05) is 22.6 Å². The van der Waals surface area contributed by atoms with Gasteiger partial charge in [0.1, 0.15) is 5.76 Å². The second kappa shape index (κ2) is 7.97. The van der Waals surface area contributed by atoms with Crippen LogP contribution in [0.4, 0.5) is 5.13 Å². The Bertz CT molecular complexity index is 1020. The highest BCUT2D eigenvalue weighted by Gasteiger charge is 2.18. The molecule has 142 valence electrons. The van der Waals surface area contributed by atoms with E-state index >= 15 is 0 Å². The minimum Gasteiger partial charge on any atom is -0.361 e. The zero-order valence-corrected chi connectivity index (χ0v) is 17.0. The Morgan fingerprint density at radius 3 is 2.85 bits per heavy atom. The number of rotatable bonds is 7. The summed E-state index contributed by atoms with van der Waals surface area (Å²) < 4.78 is 7.48. The lowest BCUT2D eigenvalue weighted by molar-refractivity contribution is -0.116. The number of aryl methyl sites for hydroxylation is 3. The van der Waals surface area contributed by atoms with Crippen LogP contribution in [-0.4, -0.2) is 30.8 Å². The van der Waals surface area contributed by atoms with E-state index in [2.05, 4.69) is 32.2 Å². The standard InChI is InChI=1S/C17H20N6O2S2/c1-5-8-23-15(20-21-17(23)26)14-10(3)18-16(27-14)19-13(24)7-6-12-9(2)22-25-11(12)4/h5H,1,6-8H2,2-4H3,(H,21,26)(H,18,19,24). The fourth-order valence-corrected chi connectivity index (χ4v) is 3.91. The van der Waals surface area contributed by atoms with Gasteiger partial charge in [-0.2, -0.15) is 5.10 Å². The van der Waals surface area contributed by atoms with Gasteiger partial charge >= 0.3 is 0 Å². The van der Waals surface area contributed by atoms with E-state index in [0.717, 1.165) is 27.6 Å². The molecular formula is C17H20N6O2S2. The van der Waals surface area contributed by atoms with Gasteiger partial charge in [0.2, 0.25) is 5.91 Å². The van der Waals surface area contributed by atoms with Crippen LogP contribution in [0.5, 0.6) is 0 Å². The number of carbonyl (C=O) groups is 1. The van der Waals surface area contributed by atoms with Crippen LogP contribution in [0.2, 0.25) is 0 Å². The van der Waals surface area contributed by atoms with Gasteiger partial charge in [0, 0.05) is 18.5 Å². The third-order valence-corrected chi connectivity index (χ3v) is 5.48. The second-order valence-electron chi connectivity index (χ2n) is 6.04. The monoisotopic (exact) mass is 404 g/mol. The molecule has 0 aliphatic rings. The number of anilines is 1. The number of nitrogens with one attached hydrogen (secondary N) is 2. The first-order chi connectivity index (χ1) is 12.9. The molecule has 27 heavy (non-hydrogen) atoms. The normalized spacial score (nSPS) is 10.9. The lowest BCUT2D eigenvalue weighted by Crippen LogP contribution is -2.12. The van der Waals surface area contributed by atoms with Crippen molar-refractivity contribution in [3.63, 3.8) is 0 Å². The Morgan fingerprint density at radius 2 is 2.19 bits per heavy atom. The smallest absolute Gasteiger partial charge is 0.226 e. The highest BCUT2D eigenvalue weighted by Crippen LogP contribution is 2.31. The lowest BCUT2D eigenvalue weighted by Gasteiger charge is -2.02. The zero-order chi connectivity index (χ0) is 19.6. The van der Waals surface area contributed by atoms with Crippen molar-refractivity contribution in [2.75, 3.05) is 5.32 Å². The lowest BCUT2D eigenvalue weighted by atomic mass is 10.1. The molecule has 3 heterocycles. The van der Waals surface area contributed by atoms with Crippen molar-refractivity contribution in [2.24, 2.45) is 0 Å². The minimum atomic E-state index is -0.111. The van der Waals surface area contributed by atoms with Gasteiger partial charge in [-0.3, -0.25) is 14.5 Å². The van der Waals surface area contributed by atoms with Crippen LogP contribution in [0.25, 0.3) is 10.7 Å². The molecule has 0 spiro atoms. The topological polar surface area (TPSA) is 102 Å². The summed E-state index contributed by atoms with van der Waals surface area (Å²) in [6, 6.07) is 0. The summed E-state index contributed by atoms with van der Waals surface area (Å²) in [7, 11) is 0. The highest BCUT2D eigenvalue weighted by molar-refractivity contribution is 7.71. The fourth-order valence-electron chi connectivity index (χ4n) is 2.73. The maximum absolute atomic E-state index is 12.3. The first-order valence-electron chi connectivity index (χ1n) is 8.36. The summed E-state index contributed by atoms with van der Waals surface area (Å²) >= 11 is 6.62. The maximum Gasteiger partial charge on any atom is 0.226 e. The van der Waals surface area contributed by atoms with Crippen molar-refractivity contribution in [2.45, 2.75) is 40.2 Å². The van der Waals surface area contributed by atoms with Crippen LogP contribution in [-0.2, 0) is 17.8 Å². The summed E-state index contributed by atoms with van der Waals surface area (Å²) in [5.74, 6) is 1.32. The molecule has 0 atom stereocenters. The molecule has 0 bridgehead atoms. The zero-order valence-electron chi connectivity index (χ0n) is 15.3. The van der Waals surface area contributed by atoms with Crippen LogP contribution in [0.1, 0.15) is 29.1 Å². The quantitative estimate of drug-likeness (QED) is 0.459. The van der Waals surface area contributed by atoms with E-state index < -0.39 is 0 Å². The number of carbonyl (C=O) groups excluding carboxylic acids is 1. The van der Waals surface area contributed by atoms with E-state index in [1.165, 1.54) is 11.3 Å². The van der Waals surface area contributed by atoms with Gasteiger partial charge < -0.3 is 9.84 Å². The molecule has 0 fully saturated rings. The van der Waals surface area contributed by atoms with Crippen molar-refractivity contribution in [1.29, 1.82) is 0 Å². The fraction of sp³-hybridized carbons (Fsp3) is 0.353. The molecule has 0 unspecified atom stereocenters. The molecule has 1 amide bonds. The SMILES string of the molecule is C=CCn1c(-c2sc(NC(=O)CCc3c(C)noc3C)nc2C)n[nH]c1=S. The number of aromatic amines is 1. The van der Waals surface area contributed by atoms with E-state index in [1.54, 1.807) is 6.08 Å². The number of allylic oxidation sites excluding steroid dienone is 1. The number of amides is 1. The largest absolute Gasteiger partial charge is 0.361 e. The molecule has 3 aromatic heterocycles. The van der Waals surface area contributed by atoms with Crippen molar-refractivity contribution in [1.82, 2.24) is 24.9 Å². The van der Waals surface area contributed by atoms with E-state index in [0.29, 0.717) is 35.1 Å². The number of thiazole rings is 1. The third-order valence-electron chi connectivity index (χ3n) is 4.10. The van der Waals surface area contributed by atoms with E-state index in [1.807, 2.05) is 25.3 Å². The molecule has 3 rings (SSSR count). The number of hydrogen-bond donors (Lipinski definition) is 2. The molecule has 2 N–H and O–H groups in total. The third kappa shape index (κ3) is 4.06. The molecule has 0 aliphatic carbocycles. The molecule has 10 heteroatoms. The summed E-state index contributed by atoms with van der Waals surface area (Å²) in [5, 5.41) is 14.4. The average molecular weight is 405 g/mol. The van der Waals surface area contributed by atoms with Gasteiger partial charge in [0.15, 0.2) is 15.7 Å². The summed E-state index contributed by atoms with van der Waals surface area (Å²) in [6.45, 7) is 9.88. The van der Waals surface area contributed by atoms with Crippen molar-refractivity contribution in [3.05, 3.63) is 40.1 Å². The molecule has 0 aliphatic heterocycles. The average Bonchev–Trinajstić information content (AvgIpc) is 3.26. The van der Waals surface area contributed by atoms with E-state index in [9.17, 15) is 4.79 Å². The van der Waals surface area contributed by atoms with Crippen LogP contribution in [0.3, 0.4) is 0 Å². The van der Waals surface area contributed by atoms with Crippen LogP contribution in [0, 0.1) is 25.5 Å². The Labute approximate surface area is 165 Å². The van der Waals surface area contributed by atoms with Gasteiger partial charge in [-0.05, 0) is 39.4 Å². The number of aromatic nitrogens is 5. The molecule has 8 nitrogen and oxygen atoms in total. The molecule has 0 radical (unpaired) electrons. The Balaban J connectivity index is 1.72. The summed E-state index contributed by atoms with van der Waals surface area (Å²) in [5.41, 5.74) is 2.57. The second-order valence-corrected chi connectivity index (χ2v) is 7.42. The van der Waals surface area contributed by atoms with Crippen LogP contribution >= 0.6 is 23.6 Å². The van der Waals surface area contributed by atoms with Crippen molar-refractivity contribution >= 4 is 34.6 Å². The van der Waals surface area contributed by atoms with E-state index in [-0.39, 0.29) is 5.91 Å². The van der Waals surface area contributed by atoms with E-state index in [4.69, 9.17) is 16.7 Å². The first-order valence-corrected chi connectivity index (χ1v) is 9.58.